The van der Waals surface area contributed by atoms with Gasteiger partial charge in [-0.1, -0.05) is 6.92 Å². The molecule has 0 aliphatic carbocycles. The van der Waals surface area contributed by atoms with Crippen LogP contribution in [-0.4, -0.2) is 41.1 Å². The number of rotatable bonds is 6. The highest BCUT2D eigenvalue weighted by Crippen LogP contribution is 2.31. The molecule has 7 heteroatoms. The van der Waals surface area contributed by atoms with Crippen molar-refractivity contribution in [1.29, 1.82) is 0 Å². The molecule has 1 aromatic heterocycles. The molecule has 19 heavy (non-hydrogen) atoms. The van der Waals surface area contributed by atoms with Crippen LogP contribution in [0.2, 0.25) is 0 Å². The monoisotopic (exact) mass is 286 g/mol. The third kappa shape index (κ3) is 3.22. The number of hydrazine groups is 1. The van der Waals surface area contributed by atoms with Gasteiger partial charge in [0, 0.05) is 18.1 Å². The highest BCUT2D eigenvalue weighted by Gasteiger charge is 2.31. The molecule has 2 unspecified atom stereocenters. The van der Waals surface area contributed by atoms with Gasteiger partial charge < -0.3 is 9.47 Å². The Bertz CT molecular complexity index is 393. The van der Waals surface area contributed by atoms with Crippen molar-refractivity contribution in [3.05, 3.63) is 11.9 Å². The summed E-state index contributed by atoms with van der Waals surface area (Å²) in [6.07, 6.45) is 2.80. The summed E-state index contributed by atoms with van der Waals surface area (Å²) < 4.78 is 13.2. The van der Waals surface area contributed by atoms with E-state index in [1.807, 2.05) is 16.4 Å². The first-order valence-electron chi connectivity index (χ1n) is 6.57. The van der Waals surface area contributed by atoms with Crippen LogP contribution in [0.4, 0.5) is 0 Å². The van der Waals surface area contributed by atoms with E-state index in [9.17, 15) is 0 Å². The fraction of sp³-hybridized carbons (Fsp3) is 0.750. The first kappa shape index (κ1) is 14.6. The first-order valence-corrected chi connectivity index (χ1v) is 7.72. The lowest BCUT2D eigenvalue weighted by molar-refractivity contribution is 0.0437. The molecule has 2 heterocycles. The van der Waals surface area contributed by atoms with Gasteiger partial charge in [0.05, 0.1) is 32.1 Å². The number of nitrogens with one attached hydrogen (secondary N) is 1. The average Bonchev–Trinajstić information content (AvgIpc) is 2.85. The zero-order chi connectivity index (χ0) is 13.7. The molecule has 0 bridgehead atoms. The van der Waals surface area contributed by atoms with Crippen molar-refractivity contribution in [2.75, 3.05) is 25.2 Å². The molecule has 0 amide bonds. The van der Waals surface area contributed by atoms with Crippen molar-refractivity contribution in [3.63, 3.8) is 0 Å². The van der Waals surface area contributed by atoms with E-state index in [4.69, 9.17) is 15.3 Å². The van der Waals surface area contributed by atoms with Gasteiger partial charge in [-0.3, -0.25) is 10.5 Å². The first-order chi connectivity index (χ1) is 9.31. The fourth-order valence-corrected chi connectivity index (χ4v) is 3.20. The highest BCUT2D eigenvalue weighted by atomic mass is 32.2. The smallest absolute Gasteiger partial charge is 0.161 e. The lowest BCUT2D eigenvalue weighted by atomic mass is 10.1. The maximum atomic E-state index is 5.83. The number of hydrogen-bond acceptors (Lipinski definition) is 6. The molecule has 0 spiro atoms. The molecule has 1 saturated heterocycles. The van der Waals surface area contributed by atoms with Gasteiger partial charge >= 0.3 is 0 Å². The zero-order valence-corrected chi connectivity index (χ0v) is 12.3. The van der Waals surface area contributed by atoms with Crippen LogP contribution in [0, 0.1) is 0 Å². The van der Waals surface area contributed by atoms with E-state index in [0.717, 1.165) is 42.5 Å². The van der Waals surface area contributed by atoms with Gasteiger partial charge in [-0.05, 0) is 6.42 Å². The van der Waals surface area contributed by atoms with Gasteiger partial charge in [-0.25, -0.2) is 5.43 Å². The molecular weight excluding hydrogens is 264 g/mol. The van der Waals surface area contributed by atoms with Gasteiger partial charge in [-0.15, -0.1) is 0 Å². The predicted molar refractivity (Wildman–Crippen MR) is 76.2 cm³/mol. The number of aryl methyl sites for hydroxylation is 1. The second kappa shape index (κ2) is 7.14. The van der Waals surface area contributed by atoms with E-state index in [2.05, 4.69) is 17.4 Å². The molecule has 2 rings (SSSR count). The van der Waals surface area contributed by atoms with Crippen LogP contribution in [0.15, 0.2) is 6.20 Å². The molecule has 1 aliphatic rings. The summed E-state index contributed by atoms with van der Waals surface area (Å²) in [4.78, 5) is 0. The molecule has 0 aromatic carbocycles. The maximum Gasteiger partial charge on any atom is 0.161 e. The highest BCUT2D eigenvalue weighted by molar-refractivity contribution is 7.99. The van der Waals surface area contributed by atoms with Crippen LogP contribution in [-0.2, 0) is 11.3 Å². The molecular formula is C12H22N4O2S. The Morgan fingerprint density at radius 1 is 1.74 bits per heavy atom. The largest absolute Gasteiger partial charge is 0.493 e. The summed E-state index contributed by atoms with van der Waals surface area (Å²) in [5, 5.41) is 4.37. The van der Waals surface area contributed by atoms with Crippen LogP contribution in [0.5, 0.6) is 5.75 Å². The Labute approximate surface area is 118 Å². The third-order valence-electron chi connectivity index (χ3n) is 3.19. The van der Waals surface area contributed by atoms with E-state index < -0.39 is 0 Å². The molecule has 108 valence electrons. The second-order valence-corrected chi connectivity index (χ2v) is 5.60. The minimum Gasteiger partial charge on any atom is -0.493 e. The lowest BCUT2D eigenvalue weighted by Gasteiger charge is -2.30. The topological polar surface area (TPSA) is 74.3 Å². The quantitative estimate of drug-likeness (QED) is 0.599. The summed E-state index contributed by atoms with van der Waals surface area (Å²) in [6.45, 7) is 3.73. The number of methoxy groups -OCH3 is 1. The van der Waals surface area contributed by atoms with Crippen molar-refractivity contribution >= 4 is 11.8 Å². The van der Waals surface area contributed by atoms with Crippen molar-refractivity contribution in [2.45, 2.75) is 32.0 Å². The van der Waals surface area contributed by atoms with E-state index >= 15 is 0 Å². The van der Waals surface area contributed by atoms with Gasteiger partial charge in [0.2, 0.25) is 0 Å². The van der Waals surface area contributed by atoms with E-state index in [-0.39, 0.29) is 12.1 Å². The number of aromatic nitrogens is 2. The molecule has 3 N–H and O–H groups in total. The van der Waals surface area contributed by atoms with E-state index in [1.165, 1.54) is 0 Å². The number of thioether (sulfide) groups is 1. The Kier molecular flexibility index (Phi) is 5.50. The van der Waals surface area contributed by atoms with E-state index in [1.54, 1.807) is 13.3 Å². The summed E-state index contributed by atoms with van der Waals surface area (Å²) >= 11 is 1.89. The molecule has 1 aromatic rings. The fourth-order valence-electron chi connectivity index (χ4n) is 2.30. The average molecular weight is 286 g/mol. The van der Waals surface area contributed by atoms with Crippen molar-refractivity contribution in [3.8, 4) is 5.75 Å². The van der Waals surface area contributed by atoms with Crippen molar-refractivity contribution in [2.24, 2.45) is 5.84 Å². The second-order valence-electron chi connectivity index (χ2n) is 4.45. The summed E-state index contributed by atoms with van der Waals surface area (Å²) in [6, 6.07) is -0.100. The maximum absolute atomic E-state index is 5.83. The van der Waals surface area contributed by atoms with Gasteiger partial charge in [0.15, 0.2) is 5.75 Å². The van der Waals surface area contributed by atoms with Crippen LogP contribution >= 0.6 is 11.8 Å². The minimum absolute atomic E-state index is 0.0463. The number of hydrogen-bond donors (Lipinski definition) is 2. The molecule has 0 saturated carbocycles. The normalized spacial score (nSPS) is 21.3. The lowest BCUT2D eigenvalue weighted by Crippen LogP contribution is -2.42. The Balaban J connectivity index is 2.26. The molecule has 1 aliphatic heterocycles. The number of nitrogens with zero attached hydrogens (tertiary/aromatic N) is 2. The summed E-state index contributed by atoms with van der Waals surface area (Å²) in [5.41, 5.74) is 3.84. The molecule has 0 radical (unpaired) electrons. The van der Waals surface area contributed by atoms with Crippen LogP contribution < -0.4 is 16.0 Å². The SMILES string of the molecule is CCCn1ncc(OC)c1C(NN)C1CSCCO1. The minimum atomic E-state index is -0.100. The third-order valence-corrected chi connectivity index (χ3v) is 4.21. The van der Waals surface area contributed by atoms with Gasteiger partial charge in [0.25, 0.3) is 0 Å². The Morgan fingerprint density at radius 3 is 3.16 bits per heavy atom. The summed E-state index contributed by atoms with van der Waals surface area (Å²) in [5.74, 6) is 8.47. The van der Waals surface area contributed by atoms with Crippen molar-refractivity contribution in [1.82, 2.24) is 15.2 Å². The molecule has 2 atom stereocenters. The standard InChI is InChI=1S/C12H22N4O2S/c1-3-4-16-12(9(17-2)7-14-16)11(15-13)10-8-19-6-5-18-10/h7,10-11,15H,3-6,8,13H2,1-2H3. The van der Waals surface area contributed by atoms with Crippen LogP contribution in [0.1, 0.15) is 25.1 Å². The van der Waals surface area contributed by atoms with Crippen molar-refractivity contribution < 1.29 is 9.47 Å². The predicted octanol–water partition coefficient (Wildman–Crippen LogP) is 0.938. The van der Waals surface area contributed by atoms with Crippen LogP contribution in [0.3, 0.4) is 0 Å². The molecule has 6 nitrogen and oxygen atoms in total. The molecule has 1 fully saturated rings. The van der Waals surface area contributed by atoms with Gasteiger partial charge in [0.1, 0.15) is 5.69 Å². The Morgan fingerprint density at radius 2 is 2.58 bits per heavy atom. The Hall–Kier alpha value is -0.760. The van der Waals surface area contributed by atoms with Crippen LogP contribution in [0.25, 0.3) is 0 Å². The number of nitrogens with two attached hydrogens (primary N) is 1. The zero-order valence-electron chi connectivity index (χ0n) is 11.5. The van der Waals surface area contributed by atoms with E-state index in [0.29, 0.717) is 0 Å². The number of ether oxygens (including phenoxy) is 2. The summed E-state index contributed by atoms with van der Waals surface area (Å²) in [7, 11) is 1.65. The van der Waals surface area contributed by atoms with Gasteiger partial charge in [-0.2, -0.15) is 16.9 Å².